The van der Waals surface area contributed by atoms with Gasteiger partial charge in [-0.3, -0.25) is 0 Å². The van der Waals surface area contributed by atoms with Crippen LogP contribution in [0.4, 0.5) is 85.3 Å². The second-order valence-electron chi connectivity index (χ2n) is 39.6. The third-order valence-electron chi connectivity index (χ3n) is 31.4. The lowest BCUT2D eigenvalue weighted by atomic mass is 9.27. The predicted molar refractivity (Wildman–Crippen MR) is 619 cm³/mol. The summed E-state index contributed by atoms with van der Waals surface area (Å²) >= 11 is 0. The predicted octanol–water partition coefficient (Wildman–Crippen LogP) is 30.6. The highest BCUT2D eigenvalue weighted by Gasteiger charge is 2.57. The van der Waals surface area contributed by atoms with E-state index >= 15 is 0 Å². The average Bonchev–Trinajstić information content (AvgIpc) is 0.651. The molecule has 0 aromatic heterocycles. The lowest BCUT2D eigenvalue weighted by Gasteiger charge is -2.53. The maximum absolute atomic E-state index is 8.41. The molecule has 30 rings (SSSR count). The van der Waals surface area contributed by atoms with Crippen molar-refractivity contribution in [1.82, 2.24) is 0 Å². The van der Waals surface area contributed by atoms with E-state index in [9.17, 15) is 0 Å². The molecule has 0 saturated heterocycles. The standard InChI is InChI=1S/C138H88B3N5O/c1-13-38-89(39-14-1)101-65-69-118-125(84-101)142(111-76-103(91-42-17-3-18-43-91)72-104(77-111)92-44-19-4-20-45-92)123-62-37-63-124-131(123)140(118)121-86-122-128(87-127(121)143(124)112-78-105(93-46-21-5-22-47-93)73-106(79-112)94-48-23-6-24-49-94)145(114-82-109(97-54-29-9-30-55-97)75-110(83-114)98-56-31-10-32-57-98)130-88-129-132-136-133(130)141(122)120-71-67-116(100-60-35-12-36-61-100)138-135(120)146(136)134-119(70-66-115(137(134)147-138)99-58-33-11-34-59-99)139(132)117-68-64-102(90-40-15-2-16-41-90)85-126(117)144(129)113-80-107(95-50-25-7-26-51-95)74-108(81-113)96-52-27-8-28-53-96/h1-88H. The Kier molecular flexibility index (Phi) is 19.3. The van der Waals surface area contributed by atoms with Crippen molar-refractivity contribution in [2.45, 2.75) is 0 Å². The molecule has 6 nitrogen and oxygen atoms in total. The molecule has 0 atom stereocenters. The molecule has 0 fully saturated rings. The minimum atomic E-state index is -0.461. The van der Waals surface area contributed by atoms with Crippen LogP contribution in [0.5, 0.6) is 11.5 Å². The first-order valence-electron chi connectivity index (χ1n) is 51.0. The van der Waals surface area contributed by atoms with Crippen LogP contribution < -0.4 is 78.4 Å². The summed E-state index contributed by atoms with van der Waals surface area (Å²) in [6.07, 6.45) is 0. The lowest BCUT2D eigenvalue weighted by Crippen LogP contribution is -2.69. The molecule has 23 aromatic carbocycles. The lowest BCUT2D eigenvalue weighted by molar-refractivity contribution is 0.481. The SMILES string of the molecule is c1ccc(-c2cc(-c3ccccc3)cc(N3c4cc(-c5ccccc5)ccc4B4c5cc6c(cc5N(c5cc(-c7ccccc7)cc(-c7ccccc7)c5)c5cccc3c54)N(c3cc(-c4ccccc4)cc(-c4ccccc4)c3)c3cc4c5c7c3B6c3ccc(-c6ccccc6)c6c3N7c3c(ccc(-c7ccccc7)c3O6)B5c3ccc(-c5ccccc5)cc3N4c3cc(-c4ccccc4)cc(-c4ccccc4)c3)c2)cc1. The maximum atomic E-state index is 8.41. The van der Waals surface area contributed by atoms with Crippen LogP contribution in [0.15, 0.2) is 534 Å². The Morgan fingerprint density at radius 2 is 0.361 bits per heavy atom. The molecule has 23 aromatic rings. The molecule has 0 spiro atoms. The number of ether oxygens (including phenoxy) is 1. The first-order valence-corrected chi connectivity index (χ1v) is 51.0. The van der Waals surface area contributed by atoms with Crippen molar-refractivity contribution < 1.29 is 4.74 Å². The fraction of sp³-hybridized carbons (Fsp3) is 0. The van der Waals surface area contributed by atoms with E-state index in [0.29, 0.717) is 0 Å². The van der Waals surface area contributed by atoms with Gasteiger partial charge in [-0.2, -0.15) is 0 Å². The van der Waals surface area contributed by atoms with Gasteiger partial charge in [0.1, 0.15) is 0 Å². The summed E-state index contributed by atoms with van der Waals surface area (Å²) in [5.41, 5.74) is 53.3. The third kappa shape index (κ3) is 13.5. The Bertz CT molecular complexity index is 9030. The quantitative estimate of drug-likeness (QED) is 0.0895. The van der Waals surface area contributed by atoms with Gasteiger partial charge in [0.2, 0.25) is 0 Å². The van der Waals surface area contributed by atoms with Gasteiger partial charge in [-0.05, 0) is 281 Å². The highest BCUT2D eigenvalue weighted by Crippen LogP contribution is 2.62. The van der Waals surface area contributed by atoms with Crippen molar-refractivity contribution in [2.24, 2.45) is 0 Å². The van der Waals surface area contributed by atoms with Gasteiger partial charge in [-0.1, -0.05) is 425 Å². The van der Waals surface area contributed by atoms with Crippen molar-refractivity contribution in [1.29, 1.82) is 0 Å². The topological polar surface area (TPSA) is 25.4 Å². The van der Waals surface area contributed by atoms with Crippen LogP contribution in [0, 0.1) is 0 Å². The molecule has 9 heteroatoms. The third-order valence-corrected chi connectivity index (χ3v) is 31.4. The normalized spacial score (nSPS) is 13.0. The molecule has 0 unspecified atom stereocenters. The van der Waals surface area contributed by atoms with Crippen molar-refractivity contribution in [3.8, 4) is 145 Å². The maximum Gasteiger partial charge on any atom is 0.252 e. The van der Waals surface area contributed by atoms with Crippen LogP contribution in [-0.2, 0) is 0 Å². The van der Waals surface area contributed by atoms with Crippen LogP contribution in [0.1, 0.15) is 0 Å². The van der Waals surface area contributed by atoms with Crippen LogP contribution in [0.3, 0.4) is 0 Å². The summed E-state index contributed by atoms with van der Waals surface area (Å²) in [4.78, 5) is 13.5. The molecule has 0 bridgehead atoms. The summed E-state index contributed by atoms with van der Waals surface area (Å²) in [7, 11) is 0. The summed E-state index contributed by atoms with van der Waals surface area (Å²) in [5, 5.41) is 0. The second-order valence-corrected chi connectivity index (χ2v) is 39.6. The summed E-state index contributed by atoms with van der Waals surface area (Å²) < 4.78 is 8.41. The highest BCUT2D eigenvalue weighted by molar-refractivity contribution is 7.06. The number of hydrogen-bond acceptors (Lipinski definition) is 6. The van der Waals surface area contributed by atoms with E-state index in [1.54, 1.807) is 0 Å². The Balaban J connectivity index is 0.775. The van der Waals surface area contributed by atoms with Crippen LogP contribution in [0.25, 0.3) is 134 Å². The first-order chi connectivity index (χ1) is 72.9. The van der Waals surface area contributed by atoms with Gasteiger partial charge in [-0.15, -0.1) is 0 Å². The van der Waals surface area contributed by atoms with Crippen LogP contribution in [0.2, 0.25) is 0 Å². The molecule has 147 heavy (non-hydrogen) atoms. The first kappa shape index (κ1) is 83.8. The number of rotatable bonds is 16. The molecule has 0 N–H and O–H groups in total. The van der Waals surface area contributed by atoms with Gasteiger partial charge in [0, 0.05) is 85.1 Å². The van der Waals surface area contributed by atoms with Crippen molar-refractivity contribution in [2.75, 3.05) is 24.5 Å². The zero-order valence-corrected chi connectivity index (χ0v) is 80.2. The van der Waals surface area contributed by atoms with Crippen molar-refractivity contribution >= 4 is 155 Å². The largest absolute Gasteiger partial charge is 0.452 e. The Morgan fingerprint density at radius 1 is 0.129 bits per heavy atom. The number of anilines is 15. The van der Waals surface area contributed by atoms with Gasteiger partial charge < -0.3 is 29.2 Å². The van der Waals surface area contributed by atoms with E-state index < -0.39 is 6.71 Å². The van der Waals surface area contributed by atoms with Gasteiger partial charge in [-0.25, -0.2) is 0 Å². The summed E-state index contributed by atoms with van der Waals surface area (Å²) in [6, 6.07) is 201. The van der Waals surface area contributed by atoms with E-state index in [-0.39, 0.29) is 13.4 Å². The average molecular weight is 1860 g/mol. The number of fused-ring (bicyclic) bond motifs is 10. The number of nitrogens with zero attached hydrogens (tertiary/aromatic N) is 5. The molecule has 0 amide bonds. The Labute approximate surface area is 856 Å². The minimum Gasteiger partial charge on any atom is -0.452 e. The fourth-order valence-corrected chi connectivity index (χ4v) is 25.0. The van der Waals surface area contributed by atoms with E-state index in [2.05, 4.69) is 558 Å². The molecule has 0 radical (unpaired) electrons. The van der Waals surface area contributed by atoms with Crippen molar-refractivity contribution in [3.05, 3.63) is 534 Å². The molecular weight excluding hydrogens is 1780 g/mol. The zero-order chi connectivity index (χ0) is 96.4. The van der Waals surface area contributed by atoms with E-state index in [1.807, 2.05) is 0 Å². The van der Waals surface area contributed by atoms with E-state index in [1.165, 1.54) is 43.7 Å². The molecule has 0 saturated carbocycles. The van der Waals surface area contributed by atoms with Gasteiger partial charge in [0.25, 0.3) is 20.1 Å². The molecule has 7 aliphatic heterocycles. The Morgan fingerprint density at radius 3 is 0.646 bits per heavy atom. The van der Waals surface area contributed by atoms with E-state index in [4.69, 9.17) is 4.74 Å². The number of benzene rings is 23. The molecule has 680 valence electrons. The minimum absolute atomic E-state index is 0.346. The van der Waals surface area contributed by atoms with Crippen LogP contribution in [-0.4, -0.2) is 20.1 Å². The highest BCUT2D eigenvalue weighted by atomic mass is 16.5. The van der Waals surface area contributed by atoms with Crippen molar-refractivity contribution in [3.63, 3.8) is 0 Å². The molecular formula is C138H88B3N5O. The summed E-state index contributed by atoms with van der Waals surface area (Å²) in [5.74, 6) is 1.64. The van der Waals surface area contributed by atoms with Gasteiger partial charge in [0.15, 0.2) is 11.5 Å². The van der Waals surface area contributed by atoms with Gasteiger partial charge >= 0.3 is 0 Å². The second kappa shape index (κ2) is 33.9. The zero-order valence-electron chi connectivity index (χ0n) is 80.2. The molecule has 0 aliphatic carbocycles. The van der Waals surface area contributed by atoms with Crippen LogP contribution >= 0.6 is 0 Å². The Hall–Kier alpha value is -18.9. The molecule has 7 aliphatic rings. The number of hydrogen-bond donors (Lipinski definition) is 0. The smallest absolute Gasteiger partial charge is 0.252 e. The summed E-state index contributed by atoms with van der Waals surface area (Å²) in [6.45, 7) is -1.17. The monoisotopic (exact) mass is 1860 g/mol. The van der Waals surface area contributed by atoms with E-state index in [0.717, 1.165) is 236 Å². The molecule has 7 heterocycles. The fourth-order valence-electron chi connectivity index (χ4n) is 25.0. The van der Waals surface area contributed by atoms with Gasteiger partial charge in [0.05, 0.1) is 11.4 Å².